The van der Waals surface area contributed by atoms with E-state index in [1.54, 1.807) is 0 Å². The molecule has 0 spiro atoms. The number of carbonyl (C=O) groups is 1. The van der Waals surface area contributed by atoms with Gasteiger partial charge < -0.3 is 14.9 Å². The maximum absolute atomic E-state index is 12.4. The molecule has 2 aromatic carbocycles. The van der Waals surface area contributed by atoms with Crippen LogP contribution in [-0.2, 0) is 10.0 Å². The number of hydrogen-bond donors (Lipinski definition) is 3. The zero-order valence-corrected chi connectivity index (χ0v) is 15.2. The fraction of sp³-hybridized carbons (Fsp3) is 0.0714. The highest BCUT2D eigenvalue weighted by molar-refractivity contribution is 9.10. The number of ether oxygens (including phenoxy) is 1. The van der Waals surface area contributed by atoms with Crippen molar-refractivity contribution in [1.82, 2.24) is 0 Å². The van der Waals surface area contributed by atoms with Crippen LogP contribution in [-0.4, -0.2) is 31.7 Å². The van der Waals surface area contributed by atoms with Gasteiger partial charge in [0.1, 0.15) is 11.3 Å². The van der Waals surface area contributed by atoms with Gasteiger partial charge in [0.15, 0.2) is 5.75 Å². The van der Waals surface area contributed by atoms with Crippen LogP contribution in [0.5, 0.6) is 11.5 Å². The van der Waals surface area contributed by atoms with Crippen LogP contribution in [0, 0.1) is 0 Å². The lowest BCUT2D eigenvalue weighted by molar-refractivity contribution is 0.0693. The van der Waals surface area contributed by atoms with E-state index in [4.69, 9.17) is 21.4 Å². The van der Waals surface area contributed by atoms with Crippen molar-refractivity contribution in [3.63, 3.8) is 0 Å². The number of carboxylic acids is 1. The van der Waals surface area contributed by atoms with E-state index in [9.17, 15) is 18.3 Å². The first kappa shape index (κ1) is 18.4. The first-order chi connectivity index (χ1) is 11.2. The Morgan fingerprint density at radius 2 is 1.96 bits per heavy atom. The number of anilines is 1. The van der Waals surface area contributed by atoms with Gasteiger partial charge in [-0.25, -0.2) is 13.2 Å². The van der Waals surface area contributed by atoms with E-state index in [2.05, 4.69) is 20.7 Å². The maximum Gasteiger partial charge on any atom is 0.339 e. The molecule has 2 aromatic rings. The summed E-state index contributed by atoms with van der Waals surface area (Å²) in [5.74, 6) is -1.66. The minimum absolute atomic E-state index is 0.0230. The molecule has 0 saturated carbocycles. The number of carboxylic acid groups (broad SMARTS) is 1. The number of sulfonamides is 1. The van der Waals surface area contributed by atoms with Crippen molar-refractivity contribution in [2.75, 3.05) is 11.8 Å². The van der Waals surface area contributed by atoms with E-state index in [-0.39, 0.29) is 37.1 Å². The predicted molar refractivity (Wildman–Crippen MR) is 91.6 cm³/mol. The normalized spacial score (nSPS) is 11.1. The molecule has 0 amide bonds. The molecule has 0 fully saturated rings. The van der Waals surface area contributed by atoms with Gasteiger partial charge in [0, 0.05) is 5.02 Å². The Kier molecular flexibility index (Phi) is 5.26. The third-order valence-electron chi connectivity index (χ3n) is 2.98. The SMILES string of the molecule is COc1ccc(S(=O)(=O)Nc2cc(Cl)cc(Br)c2O)cc1C(=O)O. The molecule has 3 N–H and O–H groups in total. The number of methoxy groups -OCH3 is 1. The van der Waals surface area contributed by atoms with Crippen molar-refractivity contribution in [1.29, 1.82) is 0 Å². The standard InChI is InChI=1S/C14H11BrClNO6S/c1-23-12-3-2-8(6-9(12)14(19)20)24(21,22)17-11-5-7(16)4-10(15)13(11)18/h2-6,17-18H,1H3,(H,19,20). The monoisotopic (exact) mass is 435 g/mol. The Hall–Kier alpha value is -1.97. The zero-order valence-electron chi connectivity index (χ0n) is 12.1. The van der Waals surface area contributed by atoms with Gasteiger partial charge in [0.2, 0.25) is 0 Å². The molecular weight excluding hydrogens is 426 g/mol. The largest absolute Gasteiger partial charge is 0.505 e. The average Bonchev–Trinajstić information content (AvgIpc) is 2.51. The number of aromatic carboxylic acids is 1. The van der Waals surface area contributed by atoms with Crippen LogP contribution >= 0.6 is 27.5 Å². The summed E-state index contributed by atoms with van der Waals surface area (Å²) in [5.41, 5.74) is -0.459. The molecule has 128 valence electrons. The molecule has 0 radical (unpaired) electrons. The van der Waals surface area contributed by atoms with Crippen molar-refractivity contribution in [2.24, 2.45) is 0 Å². The topological polar surface area (TPSA) is 113 Å². The van der Waals surface area contributed by atoms with Gasteiger partial charge in [0.25, 0.3) is 10.0 Å². The maximum atomic E-state index is 12.4. The summed E-state index contributed by atoms with van der Waals surface area (Å²) in [6.45, 7) is 0. The fourth-order valence-corrected chi connectivity index (χ4v) is 3.76. The van der Waals surface area contributed by atoms with E-state index in [0.29, 0.717) is 0 Å². The van der Waals surface area contributed by atoms with Gasteiger partial charge in [-0.2, -0.15) is 0 Å². The smallest absolute Gasteiger partial charge is 0.339 e. The Balaban J connectivity index is 2.49. The summed E-state index contributed by atoms with van der Waals surface area (Å²) in [7, 11) is -2.89. The van der Waals surface area contributed by atoms with Crippen molar-refractivity contribution in [3.05, 3.63) is 45.4 Å². The molecule has 7 nitrogen and oxygen atoms in total. The molecule has 0 bridgehead atoms. The van der Waals surface area contributed by atoms with Crippen LogP contribution < -0.4 is 9.46 Å². The number of halogens is 2. The lowest BCUT2D eigenvalue weighted by Crippen LogP contribution is -2.14. The Morgan fingerprint density at radius 3 is 2.54 bits per heavy atom. The summed E-state index contributed by atoms with van der Waals surface area (Å²) in [4.78, 5) is 10.9. The van der Waals surface area contributed by atoms with Gasteiger partial charge in [-0.15, -0.1) is 0 Å². The van der Waals surface area contributed by atoms with Crippen LogP contribution in [0.1, 0.15) is 10.4 Å². The van der Waals surface area contributed by atoms with Crippen molar-refractivity contribution in [3.8, 4) is 11.5 Å². The first-order valence-electron chi connectivity index (χ1n) is 6.28. The molecule has 0 aliphatic carbocycles. The molecule has 0 heterocycles. The molecule has 0 aliphatic heterocycles. The quantitative estimate of drug-likeness (QED) is 0.620. The second kappa shape index (κ2) is 6.88. The summed E-state index contributed by atoms with van der Waals surface area (Å²) in [5, 5.41) is 19.2. The van der Waals surface area contributed by atoms with Crippen molar-refractivity contribution >= 4 is 49.2 Å². The number of hydrogen-bond acceptors (Lipinski definition) is 5. The Labute approximate surface area is 151 Å². The average molecular weight is 437 g/mol. The van der Waals surface area contributed by atoms with Gasteiger partial charge in [0.05, 0.1) is 22.2 Å². The molecular formula is C14H11BrClNO6S. The molecule has 0 unspecified atom stereocenters. The van der Waals surface area contributed by atoms with Gasteiger partial charge >= 0.3 is 5.97 Å². The molecule has 24 heavy (non-hydrogen) atoms. The number of phenols is 1. The van der Waals surface area contributed by atoms with E-state index in [0.717, 1.165) is 6.07 Å². The zero-order chi connectivity index (χ0) is 18.1. The van der Waals surface area contributed by atoms with E-state index < -0.39 is 16.0 Å². The molecule has 0 atom stereocenters. The minimum atomic E-state index is -4.16. The molecule has 0 aliphatic rings. The number of benzene rings is 2. The third kappa shape index (κ3) is 3.74. The highest BCUT2D eigenvalue weighted by Crippen LogP contribution is 2.36. The van der Waals surface area contributed by atoms with E-state index in [1.807, 2.05) is 0 Å². The summed E-state index contributed by atoms with van der Waals surface area (Å²) < 4.78 is 32.1. The number of rotatable bonds is 5. The number of aromatic hydroxyl groups is 1. The van der Waals surface area contributed by atoms with Crippen LogP contribution in [0.15, 0.2) is 39.7 Å². The van der Waals surface area contributed by atoms with Crippen molar-refractivity contribution in [2.45, 2.75) is 4.90 Å². The molecule has 0 saturated heterocycles. The first-order valence-corrected chi connectivity index (χ1v) is 8.93. The van der Waals surface area contributed by atoms with Gasteiger partial charge in [-0.05, 0) is 46.3 Å². The highest BCUT2D eigenvalue weighted by atomic mass is 79.9. The molecule has 0 aromatic heterocycles. The van der Waals surface area contributed by atoms with E-state index in [1.165, 1.54) is 31.4 Å². The summed E-state index contributed by atoms with van der Waals surface area (Å²) >= 11 is 8.88. The number of nitrogens with one attached hydrogen (secondary N) is 1. The molecule has 10 heteroatoms. The van der Waals surface area contributed by atoms with Crippen LogP contribution in [0.3, 0.4) is 0 Å². The fourth-order valence-electron chi connectivity index (χ4n) is 1.87. The van der Waals surface area contributed by atoms with Gasteiger partial charge in [-0.3, -0.25) is 4.72 Å². The highest BCUT2D eigenvalue weighted by Gasteiger charge is 2.21. The molecule has 2 rings (SSSR count). The summed E-state index contributed by atoms with van der Waals surface area (Å²) in [6.07, 6.45) is 0. The minimum Gasteiger partial charge on any atom is -0.505 e. The van der Waals surface area contributed by atoms with E-state index >= 15 is 0 Å². The van der Waals surface area contributed by atoms with Crippen LogP contribution in [0.25, 0.3) is 0 Å². The van der Waals surface area contributed by atoms with Gasteiger partial charge in [-0.1, -0.05) is 11.6 Å². The lowest BCUT2D eigenvalue weighted by Gasteiger charge is -2.12. The number of phenolic OH excluding ortho intramolecular Hbond substituents is 1. The lowest BCUT2D eigenvalue weighted by atomic mass is 10.2. The summed E-state index contributed by atoms with van der Waals surface area (Å²) in [6, 6.07) is 5.99. The Morgan fingerprint density at radius 1 is 1.29 bits per heavy atom. The predicted octanol–water partition coefficient (Wildman–Crippen LogP) is 3.32. The Bertz CT molecular complexity index is 916. The third-order valence-corrected chi connectivity index (χ3v) is 5.17. The second-order valence-corrected chi connectivity index (χ2v) is 7.53. The van der Waals surface area contributed by atoms with Crippen LogP contribution in [0.2, 0.25) is 5.02 Å². The van der Waals surface area contributed by atoms with Crippen molar-refractivity contribution < 1.29 is 28.2 Å². The van der Waals surface area contributed by atoms with Crippen LogP contribution in [0.4, 0.5) is 5.69 Å². The second-order valence-electron chi connectivity index (χ2n) is 4.56.